The number of aromatic hydroxyl groups is 1. The van der Waals surface area contributed by atoms with Crippen LogP contribution in [0.25, 0.3) is 0 Å². The summed E-state index contributed by atoms with van der Waals surface area (Å²) >= 11 is 0. The molecular formula is C10H12N2O3S. The summed E-state index contributed by atoms with van der Waals surface area (Å²) in [7, 11) is -3.57. The van der Waals surface area contributed by atoms with Crippen molar-refractivity contribution in [2.45, 2.75) is 23.9 Å². The molecule has 1 fully saturated rings. The molecule has 0 radical (unpaired) electrons. The van der Waals surface area contributed by atoms with Gasteiger partial charge in [0.05, 0.1) is 11.9 Å². The summed E-state index contributed by atoms with van der Waals surface area (Å²) in [5.41, 5.74) is 0.612. The first-order valence-electron chi connectivity index (χ1n) is 5.20. The van der Waals surface area contributed by atoms with E-state index in [0.29, 0.717) is 5.69 Å². The summed E-state index contributed by atoms with van der Waals surface area (Å²) in [5.74, 6) is -0.185. The van der Waals surface area contributed by atoms with Crippen LogP contribution in [0.15, 0.2) is 23.1 Å². The number of hydrogen-bond donors (Lipinski definition) is 2. The third-order valence-corrected chi connectivity index (χ3v) is 4.63. The van der Waals surface area contributed by atoms with E-state index < -0.39 is 10.0 Å². The smallest absolute Gasteiger partial charge is 0.248 e. The Kier molecular flexibility index (Phi) is 1.93. The predicted molar refractivity (Wildman–Crippen MR) is 58.8 cm³/mol. The van der Waals surface area contributed by atoms with Crippen molar-refractivity contribution in [1.82, 2.24) is 4.72 Å². The second-order valence-electron chi connectivity index (χ2n) is 4.10. The van der Waals surface area contributed by atoms with Gasteiger partial charge in [-0.2, -0.15) is 4.72 Å². The highest BCUT2D eigenvalue weighted by molar-refractivity contribution is 7.89. The predicted octanol–water partition coefficient (Wildman–Crippen LogP) is 0.610. The van der Waals surface area contributed by atoms with Crippen LogP contribution in [-0.4, -0.2) is 26.2 Å². The molecule has 1 saturated heterocycles. The Morgan fingerprint density at radius 2 is 2.25 bits per heavy atom. The van der Waals surface area contributed by atoms with E-state index in [0.717, 1.165) is 19.4 Å². The third-order valence-electron chi connectivity index (χ3n) is 3.10. The van der Waals surface area contributed by atoms with E-state index in [1.807, 2.05) is 4.90 Å². The van der Waals surface area contributed by atoms with Crippen LogP contribution < -0.4 is 9.62 Å². The number of rotatable bonds is 0. The molecule has 0 bridgehead atoms. The molecule has 1 aromatic rings. The molecule has 1 aromatic carbocycles. The first-order valence-corrected chi connectivity index (χ1v) is 6.69. The molecule has 0 aliphatic carbocycles. The third kappa shape index (κ3) is 1.23. The van der Waals surface area contributed by atoms with Crippen LogP contribution in [0.1, 0.15) is 12.8 Å². The van der Waals surface area contributed by atoms with Gasteiger partial charge in [-0.15, -0.1) is 0 Å². The lowest BCUT2D eigenvalue weighted by Crippen LogP contribution is -2.48. The molecule has 0 spiro atoms. The van der Waals surface area contributed by atoms with Crippen LogP contribution in [0.5, 0.6) is 5.75 Å². The molecule has 5 nitrogen and oxygen atoms in total. The van der Waals surface area contributed by atoms with Gasteiger partial charge in [0, 0.05) is 6.54 Å². The van der Waals surface area contributed by atoms with Gasteiger partial charge in [-0.1, -0.05) is 6.07 Å². The fraction of sp³-hybridized carbons (Fsp3) is 0.400. The zero-order chi connectivity index (χ0) is 11.3. The van der Waals surface area contributed by atoms with Gasteiger partial charge in [-0.3, -0.25) is 0 Å². The minimum atomic E-state index is -3.57. The number of nitrogens with zero attached hydrogens (tertiary/aromatic N) is 1. The molecule has 16 heavy (non-hydrogen) atoms. The van der Waals surface area contributed by atoms with Gasteiger partial charge in [0.25, 0.3) is 0 Å². The van der Waals surface area contributed by atoms with Gasteiger partial charge < -0.3 is 10.0 Å². The Bertz CT molecular complexity index is 541. The van der Waals surface area contributed by atoms with Crippen molar-refractivity contribution in [2.24, 2.45) is 0 Å². The molecule has 6 heteroatoms. The zero-order valence-electron chi connectivity index (χ0n) is 8.55. The van der Waals surface area contributed by atoms with Gasteiger partial charge in [-0.25, -0.2) is 8.42 Å². The number of benzene rings is 1. The lowest BCUT2D eigenvalue weighted by Gasteiger charge is -2.33. The highest BCUT2D eigenvalue weighted by Gasteiger charge is 2.39. The SMILES string of the molecule is O=S1(=O)NC2CCCN2c2cccc(O)c21. The summed E-state index contributed by atoms with van der Waals surface area (Å²) < 4.78 is 26.5. The molecule has 2 aliphatic rings. The first-order chi connectivity index (χ1) is 7.59. The lowest BCUT2D eigenvalue weighted by atomic mass is 10.2. The van der Waals surface area contributed by atoms with E-state index in [1.165, 1.54) is 6.07 Å². The number of phenols is 1. The summed E-state index contributed by atoms with van der Waals surface area (Å²) in [5, 5.41) is 9.67. The molecule has 86 valence electrons. The van der Waals surface area contributed by atoms with Crippen LogP contribution in [0.2, 0.25) is 0 Å². The number of fused-ring (bicyclic) bond motifs is 3. The summed E-state index contributed by atoms with van der Waals surface area (Å²) in [6, 6.07) is 4.81. The normalized spacial score (nSPS) is 26.2. The standard InChI is InChI=1S/C10H12N2O3S/c13-8-4-1-3-7-10(8)16(14,15)11-9-5-2-6-12(7)9/h1,3-4,9,11,13H,2,5-6H2. The van der Waals surface area contributed by atoms with Gasteiger partial charge in [-0.05, 0) is 25.0 Å². The lowest BCUT2D eigenvalue weighted by molar-refractivity contribution is 0.452. The van der Waals surface area contributed by atoms with E-state index in [-0.39, 0.29) is 16.8 Å². The first kappa shape index (κ1) is 9.92. The molecule has 2 heterocycles. The second-order valence-corrected chi connectivity index (χ2v) is 5.75. The molecule has 1 atom stereocenters. The van der Waals surface area contributed by atoms with Crippen LogP contribution in [0.4, 0.5) is 5.69 Å². The van der Waals surface area contributed by atoms with Gasteiger partial charge in [0.1, 0.15) is 10.6 Å². The molecule has 0 amide bonds. The summed E-state index contributed by atoms with van der Waals surface area (Å²) in [4.78, 5) is 2.00. The molecule has 1 unspecified atom stereocenters. The monoisotopic (exact) mass is 240 g/mol. The van der Waals surface area contributed by atoms with Crippen molar-refractivity contribution in [3.8, 4) is 5.75 Å². The molecule has 2 N–H and O–H groups in total. The molecule has 3 rings (SSSR count). The van der Waals surface area contributed by atoms with Crippen molar-refractivity contribution < 1.29 is 13.5 Å². The summed E-state index contributed by atoms with van der Waals surface area (Å²) in [6.45, 7) is 0.823. The fourth-order valence-electron chi connectivity index (χ4n) is 2.43. The van der Waals surface area contributed by atoms with E-state index in [1.54, 1.807) is 12.1 Å². The number of sulfonamides is 1. The highest BCUT2D eigenvalue weighted by Crippen LogP contribution is 2.39. The number of hydrogen-bond acceptors (Lipinski definition) is 4. The summed E-state index contributed by atoms with van der Waals surface area (Å²) in [6.07, 6.45) is 1.62. The minimum Gasteiger partial charge on any atom is -0.506 e. The zero-order valence-corrected chi connectivity index (χ0v) is 9.37. The van der Waals surface area contributed by atoms with Crippen LogP contribution >= 0.6 is 0 Å². The maximum atomic E-state index is 11.9. The molecule has 0 saturated carbocycles. The average molecular weight is 240 g/mol. The average Bonchev–Trinajstić information content (AvgIpc) is 2.64. The maximum Gasteiger partial charge on any atom is 0.248 e. The highest BCUT2D eigenvalue weighted by atomic mass is 32.2. The van der Waals surface area contributed by atoms with Gasteiger partial charge in [0.2, 0.25) is 10.0 Å². The van der Waals surface area contributed by atoms with Crippen molar-refractivity contribution in [1.29, 1.82) is 0 Å². The largest absolute Gasteiger partial charge is 0.506 e. The van der Waals surface area contributed by atoms with Gasteiger partial charge >= 0.3 is 0 Å². The Morgan fingerprint density at radius 3 is 3.06 bits per heavy atom. The topological polar surface area (TPSA) is 69.6 Å². The van der Waals surface area contributed by atoms with E-state index in [2.05, 4.69) is 4.72 Å². The van der Waals surface area contributed by atoms with Gasteiger partial charge in [0.15, 0.2) is 0 Å². The Morgan fingerprint density at radius 1 is 1.44 bits per heavy atom. The minimum absolute atomic E-state index is 0.00755. The molecular weight excluding hydrogens is 228 g/mol. The molecule has 2 aliphatic heterocycles. The quantitative estimate of drug-likeness (QED) is 0.697. The Hall–Kier alpha value is -1.27. The van der Waals surface area contributed by atoms with E-state index >= 15 is 0 Å². The van der Waals surface area contributed by atoms with E-state index in [4.69, 9.17) is 0 Å². The number of nitrogens with one attached hydrogen (secondary N) is 1. The van der Waals surface area contributed by atoms with Crippen molar-refractivity contribution in [3.05, 3.63) is 18.2 Å². The second kappa shape index (κ2) is 3.11. The Balaban J connectivity index is 2.28. The van der Waals surface area contributed by atoms with E-state index in [9.17, 15) is 13.5 Å². The number of anilines is 1. The van der Waals surface area contributed by atoms with Crippen LogP contribution in [-0.2, 0) is 10.0 Å². The maximum absolute atomic E-state index is 11.9. The van der Waals surface area contributed by atoms with Crippen molar-refractivity contribution in [2.75, 3.05) is 11.4 Å². The number of phenolic OH excluding ortho intramolecular Hbond substituents is 1. The van der Waals surface area contributed by atoms with Crippen LogP contribution in [0, 0.1) is 0 Å². The molecule has 0 aromatic heterocycles. The van der Waals surface area contributed by atoms with Crippen LogP contribution in [0.3, 0.4) is 0 Å². The van der Waals surface area contributed by atoms with Crippen molar-refractivity contribution in [3.63, 3.8) is 0 Å². The van der Waals surface area contributed by atoms with Crippen molar-refractivity contribution >= 4 is 15.7 Å². The Labute approximate surface area is 93.7 Å². The fourth-order valence-corrected chi connectivity index (χ4v) is 3.96.